The maximum absolute atomic E-state index is 13.1. The van der Waals surface area contributed by atoms with Crippen molar-refractivity contribution in [2.45, 2.75) is 112 Å². The van der Waals surface area contributed by atoms with Crippen molar-refractivity contribution in [3.63, 3.8) is 0 Å². The number of carbonyl (C=O) groups excluding carboxylic acids is 2. The number of alkyl carbamates (subject to hydrolysis) is 1. The summed E-state index contributed by atoms with van der Waals surface area (Å²) in [6, 6.07) is 3.92. The Morgan fingerprint density at radius 2 is 1.62 bits per heavy atom. The van der Waals surface area contributed by atoms with Gasteiger partial charge in [0.25, 0.3) is 0 Å². The zero-order valence-corrected chi connectivity index (χ0v) is 29.2. The predicted octanol–water partition coefficient (Wildman–Crippen LogP) is 1.78. The smallest absolute Gasteiger partial charge is 0.407 e. The summed E-state index contributed by atoms with van der Waals surface area (Å²) in [5, 5.41) is 63.2. The zero-order chi connectivity index (χ0) is 39.9. The predicted molar refractivity (Wildman–Crippen MR) is 185 cm³/mol. The van der Waals surface area contributed by atoms with Gasteiger partial charge in [0.2, 0.25) is 5.91 Å². The fourth-order valence-electron chi connectivity index (χ4n) is 6.09. The van der Waals surface area contributed by atoms with Crippen molar-refractivity contribution in [3.8, 4) is 0 Å². The van der Waals surface area contributed by atoms with Crippen LogP contribution in [-0.4, -0.2) is 131 Å². The summed E-state index contributed by atoms with van der Waals surface area (Å²) >= 11 is 0. The van der Waals surface area contributed by atoms with Gasteiger partial charge in [-0.2, -0.15) is 0 Å². The summed E-state index contributed by atoms with van der Waals surface area (Å²) in [6.07, 6.45) is -13.8. The second-order valence-corrected chi connectivity index (χ2v) is 12.5. The molecule has 2 amide bonds. The van der Waals surface area contributed by atoms with E-state index in [1.165, 1.54) is 19.1 Å². The second kappa shape index (κ2) is 20.9. The lowest BCUT2D eigenvalue weighted by Gasteiger charge is -2.48. The van der Waals surface area contributed by atoms with Crippen LogP contribution in [0.2, 0.25) is 0 Å². The molecule has 0 spiro atoms. The molecule has 2 fully saturated rings. The van der Waals surface area contributed by atoms with Gasteiger partial charge in [-0.25, -0.2) is 4.79 Å². The molecule has 0 radical (unpaired) electrons. The van der Waals surface area contributed by atoms with Crippen molar-refractivity contribution in [2.24, 2.45) is 20.5 Å². The number of carbonyl (C=O) groups is 2. The van der Waals surface area contributed by atoms with E-state index in [1.807, 2.05) is 0 Å². The molecular weight excluding hydrogens is 732 g/mol. The lowest BCUT2D eigenvalue weighted by Crippen LogP contribution is -2.66. The van der Waals surface area contributed by atoms with Crippen molar-refractivity contribution in [3.05, 3.63) is 89.8 Å². The van der Waals surface area contributed by atoms with Gasteiger partial charge in [-0.3, -0.25) is 4.79 Å². The first-order valence-electron chi connectivity index (χ1n) is 16.9. The lowest BCUT2D eigenvalue weighted by atomic mass is 9.83. The molecule has 1 saturated heterocycles. The number of rotatable bonds is 16. The highest BCUT2D eigenvalue weighted by molar-refractivity contribution is 5.81. The summed E-state index contributed by atoms with van der Waals surface area (Å²) in [4.78, 5) is 36.2. The largest absolute Gasteiger partial charge is 0.445 e. The van der Waals surface area contributed by atoms with Crippen LogP contribution in [0.15, 0.2) is 62.9 Å². The molecule has 25 nitrogen and oxygen atoms in total. The number of azide groups is 4. The third kappa shape index (κ3) is 11.6. The second-order valence-electron chi connectivity index (χ2n) is 12.5. The quantitative estimate of drug-likeness (QED) is 0.0608. The molecule has 0 bridgehead atoms. The summed E-state index contributed by atoms with van der Waals surface area (Å²) in [5.74, 6) is -0.985. The average molecular weight is 773 g/mol. The Kier molecular flexibility index (Phi) is 16.1. The van der Waals surface area contributed by atoms with Gasteiger partial charge in [0, 0.05) is 26.2 Å². The summed E-state index contributed by atoms with van der Waals surface area (Å²) in [6.45, 7) is 1.07. The van der Waals surface area contributed by atoms with E-state index in [0.717, 1.165) is 5.56 Å². The Morgan fingerprint density at radius 1 is 0.909 bits per heavy atom. The molecule has 55 heavy (non-hydrogen) atoms. The molecule has 0 aromatic heterocycles. The van der Waals surface area contributed by atoms with Crippen molar-refractivity contribution < 1.29 is 53.7 Å². The van der Waals surface area contributed by atoms with Crippen LogP contribution in [0.1, 0.15) is 25.3 Å². The van der Waals surface area contributed by atoms with Crippen molar-refractivity contribution in [1.29, 1.82) is 0 Å². The topological polar surface area (TPSA) is 380 Å². The molecular formula is C30H40N14O11. The Labute approximate surface area is 311 Å². The van der Waals surface area contributed by atoms with Crippen LogP contribution in [0.25, 0.3) is 41.8 Å². The molecule has 6 N–H and O–H groups in total. The van der Waals surface area contributed by atoms with E-state index in [-0.39, 0.29) is 32.5 Å². The Bertz CT molecular complexity index is 1690. The number of nitrogens with one attached hydrogen (secondary N) is 2. The van der Waals surface area contributed by atoms with Gasteiger partial charge in [0.05, 0.1) is 49.1 Å². The summed E-state index contributed by atoms with van der Waals surface area (Å²) < 4.78 is 28.8. The van der Waals surface area contributed by atoms with Crippen LogP contribution in [-0.2, 0) is 35.1 Å². The number of amides is 2. The SMILES string of the molecule is CC1O[C@@H](O[C@H]2C(O[C@H]3OC(CN=[N+]=[N-])C=CC3N=[N+]=[N-])C(N=[N+]=[N-])C[C@@H](NC(=O)[C@@H](O)CCNC(=O)OCc3ccccc3)C2O)C(O)[C@@H](O)[C@@H]1N=[N+]=[N-]. The molecule has 2 aliphatic heterocycles. The van der Waals surface area contributed by atoms with Gasteiger partial charge in [0.1, 0.15) is 37.1 Å². The minimum Gasteiger partial charge on any atom is -0.445 e. The highest BCUT2D eigenvalue weighted by Gasteiger charge is 2.52. The molecule has 1 saturated carbocycles. The Hall–Kier alpha value is -5.38. The summed E-state index contributed by atoms with van der Waals surface area (Å²) in [5.41, 5.74) is 37.1. The highest BCUT2D eigenvalue weighted by atomic mass is 16.7. The van der Waals surface area contributed by atoms with Crippen LogP contribution in [0.4, 0.5) is 4.79 Å². The van der Waals surface area contributed by atoms with E-state index in [4.69, 9.17) is 34.7 Å². The van der Waals surface area contributed by atoms with Crippen molar-refractivity contribution in [1.82, 2.24) is 10.6 Å². The molecule has 1 aromatic rings. The van der Waals surface area contributed by atoms with E-state index in [1.54, 1.807) is 30.3 Å². The van der Waals surface area contributed by atoms with E-state index >= 15 is 0 Å². The van der Waals surface area contributed by atoms with Crippen LogP contribution in [0.5, 0.6) is 0 Å². The number of nitrogens with zero attached hydrogens (tertiary/aromatic N) is 12. The van der Waals surface area contributed by atoms with Crippen molar-refractivity contribution in [2.75, 3.05) is 13.1 Å². The third-order valence-corrected chi connectivity index (χ3v) is 8.87. The number of aliphatic hydroxyl groups excluding tert-OH is 4. The molecule has 25 heteroatoms. The minimum atomic E-state index is -1.86. The van der Waals surface area contributed by atoms with Crippen molar-refractivity contribution >= 4 is 12.0 Å². The molecule has 7 unspecified atom stereocenters. The van der Waals surface area contributed by atoms with Gasteiger partial charge in [0.15, 0.2) is 12.6 Å². The van der Waals surface area contributed by atoms with Crippen LogP contribution >= 0.6 is 0 Å². The molecule has 1 aromatic carbocycles. The normalized spacial score (nSPS) is 33.2. The van der Waals surface area contributed by atoms with Gasteiger partial charge in [-0.05, 0) is 47.5 Å². The van der Waals surface area contributed by atoms with E-state index in [2.05, 4.69) is 50.7 Å². The third-order valence-electron chi connectivity index (χ3n) is 8.87. The Balaban J connectivity index is 1.53. The van der Waals surface area contributed by atoms with Crippen LogP contribution in [0, 0.1) is 0 Å². The molecule has 14 atom stereocenters. The van der Waals surface area contributed by atoms with Gasteiger partial charge < -0.3 is 54.7 Å². The first-order valence-corrected chi connectivity index (χ1v) is 16.9. The first kappa shape index (κ1) is 42.4. The number of benzene rings is 1. The summed E-state index contributed by atoms with van der Waals surface area (Å²) in [7, 11) is 0. The molecule has 2 heterocycles. The van der Waals surface area contributed by atoms with Gasteiger partial charge in [-0.15, -0.1) is 0 Å². The van der Waals surface area contributed by atoms with Crippen LogP contribution in [0.3, 0.4) is 0 Å². The highest BCUT2D eigenvalue weighted by Crippen LogP contribution is 2.34. The molecule has 1 aliphatic carbocycles. The fourth-order valence-corrected chi connectivity index (χ4v) is 6.09. The van der Waals surface area contributed by atoms with E-state index < -0.39 is 97.6 Å². The van der Waals surface area contributed by atoms with E-state index in [0.29, 0.717) is 0 Å². The molecule has 3 aliphatic rings. The van der Waals surface area contributed by atoms with Crippen LogP contribution < -0.4 is 10.6 Å². The fraction of sp³-hybridized carbons (Fsp3) is 0.667. The standard InChI is InChI=1S/C30H40N14O11/c1-14-21(40-44-34)23(47)24(48)29(52-14)55-26-22(46)18(37-27(49)20(45)9-10-35-30(50)51-13-15-5-3-2-4-6-15)11-19(39-43-33)25(26)54-28-17(38-42-32)8-7-16(53-28)12-36-41-31/h2-8,14,16-26,28-29,45-48H,9-13H2,1H3,(H,35,50)(H,37,49)/t14?,16?,17?,18-,19?,20+,21-,22?,23+,24?,25?,26-,28-,29+/m1/s1. The monoisotopic (exact) mass is 772 g/mol. The molecule has 4 rings (SSSR count). The van der Waals surface area contributed by atoms with E-state index in [9.17, 15) is 41.1 Å². The first-order chi connectivity index (χ1) is 26.5. The maximum atomic E-state index is 13.1. The van der Waals surface area contributed by atoms with Gasteiger partial charge >= 0.3 is 6.09 Å². The average Bonchev–Trinajstić information content (AvgIpc) is 3.18. The van der Waals surface area contributed by atoms with Gasteiger partial charge in [-0.1, -0.05) is 62.9 Å². The Morgan fingerprint density at radius 3 is 2.31 bits per heavy atom. The number of hydrogen-bond donors (Lipinski definition) is 6. The lowest BCUT2D eigenvalue weighted by molar-refractivity contribution is -0.318. The molecule has 296 valence electrons. The number of aliphatic hydroxyl groups is 4. The maximum Gasteiger partial charge on any atom is 0.407 e. The number of ether oxygens (including phenoxy) is 5. The number of hydrogen-bond acceptors (Lipinski definition) is 15. The minimum absolute atomic E-state index is 0.00313. The zero-order valence-electron chi connectivity index (χ0n) is 29.2.